The highest BCUT2D eigenvalue weighted by molar-refractivity contribution is 4.90. The lowest BCUT2D eigenvalue weighted by Gasteiger charge is -2.07. The van der Waals surface area contributed by atoms with Gasteiger partial charge in [0, 0.05) is 12.2 Å². The lowest BCUT2D eigenvalue weighted by atomic mass is 10.2. The molecule has 0 atom stereocenters. The molecule has 0 aliphatic carbocycles. The summed E-state index contributed by atoms with van der Waals surface area (Å²) < 4.78 is 0. The van der Waals surface area contributed by atoms with Crippen molar-refractivity contribution in [3.05, 3.63) is 12.3 Å². The van der Waals surface area contributed by atoms with Crippen LogP contribution in [0.3, 0.4) is 0 Å². The summed E-state index contributed by atoms with van der Waals surface area (Å²) in [7, 11) is 0. The zero-order valence-electron chi connectivity index (χ0n) is 8.66. The first-order valence-electron chi connectivity index (χ1n) is 5.22. The van der Waals surface area contributed by atoms with Gasteiger partial charge in [-0.15, -0.1) is 0 Å². The van der Waals surface area contributed by atoms with E-state index in [1.807, 2.05) is 0 Å². The van der Waals surface area contributed by atoms with Gasteiger partial charge >= 0.3 is 0 Å². The number of hydrogen-bond donors (Lipinski definition) is 1. The van der Waals surface area contributed by atoms with Gasteiger partial charge in [-0.1, -0.05) is 39.7 Å². The van der Waals surface area contributed by atoms with E-state index in [9.17, 15) is 0 Å². The summed E-state index contributed by atoms with van der Waals surface area (Å²) in [4.78, 5) is 0. The topological polar surface area (TPSA) is 12.0 Å². The molecule has 1 N–H and O–H groups in total. The largest absolute Gasteiger partial charge is 0.389 e. The van der Waals surface area contributed by atoms with Gasteiger partial charge in [0.1, 0.15) is 0 Å². The van der Waals surface area contributed by atoms with Crippen LogP contribution in [0.1, 0.15) is 52.4 Å². The van der Waals surface area contributed by atoms with Gasteiger partial charge in [0.25, 0.3) is 0 Å². The van der Waals surface area contributed by atoms with Gasteiger partial charge in [-0.3, -0.25) is 0 Å². The van der Waals surface area contributed by atoms with Crippen molar-refractivity contribution in [1.82, 2.24) is 5.32 Å². The van der Waals surface area contributed by atoms with Crippen molar-refractivity contribution >= 4 is 0 Å². The molecule has 0 aromatic rings. The summed E-state index contributed by atoms with van der Waals surface area (Å²) >= 11 is 0. The Morgan fingerprint density at radius 2 is 1.75 bits per heavy atom. The lowest BCUT2D eigenvalue weighted by molar-refractivity contribution is 0.641. The van der Waals surface area contributed by atoms with Gasteiger partial charge in [0.15, 0.2) is 0 Å². The van der Waals surface area contributed by atoms with Gasteiger partial charge in [-0.05, 0) is 19.3 Å². The lowest BCUT2D eigenvalue weighted by Crippen LogP contribution is -2.13. The maximum atomic E-state index is 3.98. The van der Waals surface area contributed by atoms with Crippen LogP contribution in [-0.2, 0) is 0 Å². The summed E-state index contributed by atoms with van der Waals surface area (Å²) in [6, 6.07) is 0. The fourth-order valence-corrected chi connectivity index (χ4v) is 1.12. The molecule has 0 saturated carbocycles. The molecule has 0 aliphatic rings. The van der Waals surface area contributed by atoms with Crippen molar-refractivity contribution < 1.29 is 0 Å². The molecule has 0 radical (unpaired) electrons. The summed E-state index contributed by atoms with van der Waals surface area (Å²) in [5.41, 5.74) is 1.22. The van der Waals surface area contributed by atoms with Crippen LogP contribution >= 0.6 is 0 Å². The van der Waals surface area contributed by atoms with Crippen molar-refractivity contribution in [2.24, 2.45) is 0 Å². The highest BCUT2D eigenvalue weighted by Crippen LogP contribution is 2.01. The molecule has 0 aromatic heterocycles. The molecule has 0 amide bonds. The molecule has 0 fully saturated rings. The number of allylic oxidation sites excluding steroid dienone is 1. The van der Waals surface area contributed by atoms with Crippen LogP contribution in [-0.4, -0.2) is 6.54 Å². The van der Waals surface area contributed by atoms with E-state index >= 15 is 0 Å². The minimum Gasteiger partial charge on any atom is -0.389 e. The van der Waals surface area contributed by atoms with Crippen molar-refractivity contribution in [3.63, 3.8) is 0 Å². The maximum Gasteiger partial charge on any atom is 0.0143 e. The predicted octanol–water partition coefficient (Wildman–Crippen LogP) is 3.47. The maximum absolute atomic E-state index is 3.98. The molecule has 0 saturated heterocycles. The van der Waals surface area contributed by atoms with Gasteiger partial charge < -0.3 is 5.32 Å². The molecule has 1 heteroatoms. The zero-order chi connectivity index (χ0) is 9.23. The first-order chi connectivity index (χ1) is 5.81. The van der Waals surface area contributed by atoms with E-state index in [0.29, 0.717) is 0 Å². The number of hydrogen-bond acceptors (Lipinski definition) is 1. The van der Waals surface area contributed by atoms with Crippen LogP contribution in [0.15, 0.2) is 12.3 Å². The van der Waals surface area contributed by atoms with E-state index in [1.54, 1.807) is 0 Å². The van der Waals surface area contributed by atoms with Crippen LogP contribution in [0.25, 0.3) is 0 Å². The molecule has 0 unspecified atom stereocenters. The first-order valence-corrected chi connectivity index (χ1v) is 5.22. The Hall–Kier alpha value is -0.460. The molecule has 0 heterocycles. The van der Waals surface area contributed by atoms with Crippen LogP contribution in [0.2, 0.25) is 0 Å². The monoisotopic (exact) mass is 169 g/mol. The minimum absolute atomic E-state index is 1.11. The highest BCUT2D eigenvalue weighted by Gasteiger charge is 1.91. The standard InChI is InChI=1S/C11H23N/c1-4-6-8-10-12-11(3)9-7-5-2/h12H,3-10H2,1-2H3. The Labute approximate surface area is 77.2 Å². The van der Waals surface area contributed by atoms with Crippen molar-refractivity contribution in [2.45, 2.75) is 52.4 Å². The average molecular weight is 169 g/mol. The number of nitrogens with one attached hydrogen (secondary N) is 1. The predicted molar refractivity (Wildman–Crippen MR) is 56.2 cm³/mol. The summed E-state index contributed by atoms with van der Waals surface area (Å²) in [6.07, 6.45) is 7.57. The average Bonchev–Trinajstić information content (AvgIpc) is 2.09. The SMILES string of the molecule is C=C(CCCC)NCCCCC. The molecular formula is C11H23N. The number of rotatable bonds is 8. The summed E-state index contributed by atoms with van der Waals surface area (Å²) in [6.45, 7) is 9.53. The molecule has 0 aromatic carbocycles. The fraction of sp³-hybridized carbons (Fsp3) is 0.818. The smallest absolute Gasteiger partial charge is 0.0143 e. The Bertz CT molecular complexity index is 108. The third-order valence-electron chi connectivity index (χ3n) is 1.99. The second-order valence-corrected chi connectivity index (χ2v) is 3.34. The number of unbranched alkanes of at least 4 members (excludes halogenated alkanes) is 3. The van der Waals surface area contributed by atoms with E-state index in [1.165, 1.54) is 37.8 Å². The molecule has 1 nitrogen and oxygen atoms in total. The van der Waals surface area contributed by atoms with Crippen molar-refractivity contribution in [2.75, 3.05) is 6.54 Å². The first kappa shape index (κ1) is 11.5. The normalized spacial score (nSPS) is 9.83. The summed E-state index contributed by atoms with van der Waals surface area (Å²) in [5, 5.41) is 3.36. The Kier molecular flexibility index (Phi) is 8.30. The van der Waals surface area contributed by atoms with E-state index in [4.69, 9.17) is 0 Å². The summed E-state index contributed by atoms with van der Waals surface area (Å²) in [5.74, 6) is 0. The minimum atomic E-state index is 1.11. The van der Waals surface area contributed by atoms with Gasteiger partial charge in [0.05, 0.1) is 0 Å². The molecule has 0 aliphatic heterocycles. The van der Waals surface area contributed by atoms with E-state index in [-0.39, 0.29) is 0 Å². The molecular weight excluding hydrogens is 146 g/mol. The van der Waals surface area contributed by atoms with E-state index in [0.717, 1.165) is 13.0 Å². The van der Waals surface area contributed by atoms with Crippen LogP contribution in [0.4, 0.5) is 0 Å². The van der Waals surface area contributed by atoms with Gasteiger partial charge in [-0.25, -0.2) is 0 Å². The zero-order valence-corrected chi connectivity index (χ0v) is 8.66. The molecule has 72 valence electrons. The van der Waals surface area contributed by atoms with Crippen LogP contribution in [0, 0.1) is 0 Å². The Morgan fingerprint density at radius 1 is 1.08 bits per heavy atom. The van der Waals surface area contributed by atoms with E-state index < -0.39 is 0 Å². The van der Waals surface area contributed by atoms with Crippen LogP contribution < -0.4 is 5.32 Å². The van der Waals surface area contributed by atoms with Gasteiger partial charge in [0.2, 0.25) is 0 Å². The highest BCUT2D eigenvalue weighted by atomic mass is 14.9. The molecule has 0 bridgehead atoms. The molecule has 12 heavy (non-hydrogen) atoms. The Morgan fingerprint density at radius 3 is 2.33 bits per heavy atom. The molecule has 0 rings (SSSR count). The second-order valence-electron chi connectivity index (χ2n) is 3.34. The Balaban J connectivity index is 3.08. The molecule has 0 spiro atoms. The van der Waals surface area contributed by atoms with Gasteiger partial charge in [-0.2, -0.15) is 0 Å². The fourth-order valence-electron chi connectivity index (χ4n) is 1.12. The third-order valence-corrected chi connectivity index (χ3v) is 1.99. The second kappa shape index (κ2) is 8.63. The van der Waals surface area contributed by atoms with Crippen LogP contribution in [0.5, 0.6) is 0 Å². The van der Waals surface area contributed by atoms with E-state index in [2.05, 4.69) is 25.7 Å². The quantitative estimate of drug-likeness (QED) is 0.549. The third kappa shape index (κ3) is 7.64. The van der Waals surface area contributed by atoms with Crippen molar-refractivity contribution in [3.8, 4) is 0 Å². The van der Waals surface area contributed by atoms with Crippen molar-refractivity contribution in [1.29, 1.82) is 0 Å².